The summed E-state index contributed by atoms with van der Waals surface area (Å²) >= 11 is 0. The van der Waals surface area contributed by atoms with Crippen molar-refractivity contribution < 1.29 is 9.47 Å². The summed E-state index contributed by atoms with van der Waals surface area (Å²) < 4.78 is 11.2. The van der Waals surface area contributed by atoms with Crippen molar-refractivity contribution in [3.8, 4) is 17.2 Å². The van der Waals surface area contributed by atoms with E-state index in [-0.39, 0.29) is 0 Å². The molecule has 0 amide bonds. The van der Waals surface area contributed by atoms with Crippen LogP contribution in [0.4, 0.5) is 0 Å². The molecule has 3 heteroatoms. The van der Waals surface area contributed by atoms with E-state index in [1.54, 1.807) is 7.11 Å². The van der Waals surface area contributed by atoms with Crippen LogP contribution in [0.1, 0.15) is 11.1 Å². The lowest BCUT2D eigenvalue weighted by molar-refractivity contribution is 0.378. The van der Waals surface area contributed by atoms with Gasteiger partial charge in [-0.25, -0.2) is 0 Å². The van der Waals surface area contributed by atoms with Gasteiger partial charge in [0.05, 0.1) is 7.11 Å². The lowest BCUT2D eigenvalue weighted by atomic mass is 10.2. The summed E-state index contributed by atoms with van der Waals surface area (Å²) in [6.45, 7) is 2.88. The molecule has 0 aromatic heterocycles. The fraction of sp³-hybridized carbons (Fsp3) is 0.250. The second-order valence-corrected chi connectivity index (χ2v) is 4.43. The van der Waals surface area contributed by atoms with Crippen LogP contribution in [0.15, 0.2) is 42.5 Å². The molecule has 0 radical (unpaired) electrons. The molecule has 0 spiro atoms. The van der Waals surface area contributed by atoms with Gasteiger partial charge in [0.2, 0.25) is 0 Å². The van der Waals surface area contributed by atoms with Crippen LogP contribution in [-0.2, 0) is 6.54 Å². The van der Waals surface area contributed by atoms with E-state index in [9.17, 15) is 0 Å². The van der Waals surface area contributed by atoms with Crippen LogP contribution in [0.25, 0.3) is 0 Å². The van der Waals surface area contributed by atoms with E-state index in [0.29, 0.717) is 0 Å². The molecular formula is C16H19NO2. The van der Waals surface area contributed by atoms with E-state index in [1.165, 1.54) is 5.56 Å². The fourth-order valence-electron chi connectivity index (χ4n) is 1.87. The molecule has 2 aromatic carbocycles. The van der Waals surface area contributed by atoms with Crippen LogP contribution < -0.4 is 14.8 Å². The molecule has 100 valence electrons. The second kappa shape index (κ2) is 6.25. The second-order valence-electron chi connectivity index (χ2n) is 4.43. The van der Waals surface area contributed by atoms with Gasteiger partial charge >= 0.3 is 0 Å². The van der Waals surface area contributed by atoms with Crippen molar-refractivity contribution >= 4 is 0 Å². The van der Waals surface area contributed by atoms with Crippen molar-refractivity contribution in [2.75, 3.05) is 14.2 Å². The zero-order chi connectivity index (χ0) is 13.7. The molecule has 19 heavy (non-hydrogen) atoms. The first-order valence-corrected chi connectivity index (χ1v) is 6.29. The van der Waals surface area contributed by atoms with Gasteiger partial charge in [-0.05, 0) is 49.4 Å². The van der Waals surface area contributed by atoms with Gasteiger partial charge in [-0.2, -0.15) is 0 Å². The highest BCUT2D eigenvalue weighted by Gasteiger charge is 2.05. The molecule has 0 heterocycles. The molecule has 3 nitrogen and oxygen atoms in total. The number of nitrogens with one attached hydrogen (secondary N) is 1. The third-order valence-corrected chi connectivity index (χ3v) is 2.85. The van der Waals surface area contributed by atoms with Crippen molar-refractivity contribution in [1.29, 1.82) is 0 Å². The van der Waals surface area contributed by atoms with E-state index < -0.39 is 0 Å². The van der Waals surface area contributed by atoms with Gasteiger partial charge in [-0.15, -0.1) is 0 Å². The van der Waals surface area contributed by atoms with E-state index in [2.05, 4.69) is 5.32 Å². The minimum atomic E-state index is 0.731. The minimum Gasteiger partial charge on any atom is -0.493 e. The molecule has 0 atom stereocenters. The Morgan fingerprint density at radius 3 is 2.37 bits per heavy atom. The normalized spacial score (nSPS) is 10.3. The van der Waals surface area contributed by atoms with Gasteiger partial charge in [0, 0.05) is 6.54 Å². The van der Waals surface area contributed by atoms with Crippen molar-refractivity contribution in [2.45, 2.75) is 13.5 Å². The maximum Gasteiger partial charge on any atom is 0.169 e. The number of benzene rings is 2. The third kappa shape index (κ3) is 3.48. The van der Waals surface area contributed by atoms with Crippen LogP contribution in [0.3, 0.4) is 0 Å². The predicted molar refractivity (Wildman–Crippen MR) is 77.0 cm³/mol. The Labute approximate surface area is 114 Å². The largest absolute Gasteiger partial charge is 0.493 e. The maximum atomic E-state index is 5.84. The highest BCUT2D eigenvalue weighted by atomic mass is 16.5. The van der Waals surface area contributed by atoms with E-state index in [4.69, 9.17) is 9.47 Å². The molecule has 0 fully saturated rings. The summed E-state index contributed by atoms with van der Waals surface area (Å²) in [7, 11) is 3.58. The summed E-state index contributed by atoms with van der Waals surface area (Å²) in [5.41, 5.74) is 2.37. The number of aryl methyl sites for hydroxylation is 1. The van der Waals surface area contributed by atoms with Crippen molar-refractivity contribution in [1.82, 2.24) is 5.32 Å². The van der Waals surface area contributed by atoms with Crippen molar-refractivity contribution in [3.05, 3.63) is 53.6 Å². The number of ether oxygens (including phenoxy) is 2. The van der Waals surface area contributed by atoms with Crippen LogP contribution in [0.2, 0.25) is 0 Å². The number of hydrogen-bond acceptors (Lipinski definition) is 3. The van der Waals surface area contributed by atoms with Gasteiger partial charge in [-0.1, -0.05) is 18.2 Å². The standard InChI is InChI=1S/C16H19NO2/c1-12-4-9-15(16(10-12)18-3)19-14-7-5-13(6-8-14)11-17-2/h4-10,17H,11H2,1-3H3. The van der Waals surface area contributed by atoms with Crippen LogP contribution >= 0.6 is 0 Å². The van der Waals surface area contributed by atoms with Gasteiger partial charge in [0.25, 0.3) is 0 Å². The maximum absolute atomic E-state index is 5.84. The number of hydrogen-bond donors (Lipinski definition) is 1. The monoisotopic (exact) mass is 257 g/mol. The quantitative estimate of drug-likeness (QED) is 0.889. The minimum absolute atomic E-state index is 0.731. The van der Waals surface area contributed by atoms with Gasteiger partial charge in [0.15, 0.2) is 11.5 Å². The summed E-state index contributed by atoms with van der Waals surface area (Å²) in [5, 5.41) is 3.12. The first-order chi connectivity index (χ1) is 9.22. The Morgan fingerprint density at radius 1 is 1.00 bits per heavy atom. The lowest BCUT2D eigenvalue weighted by Gasteiger charge is -2.11. The topological polar surface area (TPSA) is 30.5 Å². The predicted octanol–water partition coefficient (Wildman–Crippen LogP) is 3.52. The van der Waals surface area contributed by atoms with E-state index in [1.807, 2.05) is 56.4 Å². The molecule has 0 aliphatic carbocycles. The fourth-order valence-corrected chi connectivity index (χ4v) is 1.87. The smallest absolute Gasteiger partial charge is 0.169 e. The molecule has 1 N–H and O–H groups in total. The third-order valence-electron chi connectivity index (χ3n) is 2.85. The molecule has 0 aliphatic heterocycles. The lowest BCUT2D eigenvalue weighted by Crippen LogP contribution is -2.04. The number of rotatable bonds is 5. The van der Waals surface area contributed by atoms with Crippen LogP contribution in [-0.4, -0.2) is 14.2 Å². The van der Waals surface area contributed by atoms with Gasteiger partial charge in [-0.3, -0.25) is 0 Å². The Morgan fingerprint density at radius 2 is 1.74 bits per heavy atom. The first-order valence-electron chi connectivity index (χ1n) is 6.29. The number of methoxy groups -OCH3 is 1. The molecule has 0 saturated heterocycles. The zero-order valence-electron chi connectivity index (χ0n) is 11.6. The van der Waals surface area contributed by atoms with Crippen LogP contribution in [0, 0.1) is 6.92 Å². The molecule has 0 bridgehead atoms. The Bertz CT molecular complexity index is 535. The summed E-state index contributed by atoms with van der Waals surface area (Å²) in [4.78, 5) is 0. The molecule has 0 unspecified atom stereocenters. The summed E-state index contributed by atoms with van der Waals surface area (Å²) in [6, 6.07) is 13.9. The summed E-state index contributed by atoms with van der Waals surface area (Å²) in [5.74, 6) is 2.29. The first kappa shape index (κ1) is 13.4. The van der Waals surface area contributed by atoms with Gasteiger partial charge in [0.1, 0.15) is 5.75 Å². The average Bonchev–Trinajstić information content (AvgIpc) is 2.43. The van der Waals surface area contributed by atoms with Gasteiger partial charge < -0.3 is 14.8 Å². The Hall–Kier alpha value is -2.00. The van der Waals surface area contributed by atoms with E-state index in [0.717, 1.165) is 29.4 Å². The highest BCUT2D eigenvalue weighted by Crippen LogP contribution is 2.32. The average molecular weight is 257 g/mol. The highest BCUT2D eigenvalue weighted by molar-refractivity contribution is 5.45. The molecule has 2 aromatic rings. The molecule has 0 saturated carbocycles. The van der Waals surface area contributed by atoms with Crippen molar-refractivity contribution in [2.24, 2.45) is 0 Å². The van der Waals surface area contributed by atoms with Crippen molar-refractivity contribution in [3.63, 3.8) is 0 Å². The molecule has 2 rings (SSSR count). The SMILES string of the molecule is CNCc1ccc(Oc2ccc(C)cc2OC)cc1. The van der Waals surface area contributed by atoms with E-state index >= 15 is 0 Å². The Kier molecular flexibility index (Phi) is 4.42. The zero-order valence-corrected chi connectivity index (χ0v) is 11.6. The summed E-state index contributed by atoms with van der Waals surface area (Å²) in [6.07, 6.45) is 0. The Balaban J connectivity index is 2.16. The molecule has 0 aliphatic rings. The van der Waals surface area contributed by atoms with Crippen LogP contribution in [0.5, 0.6) is 17.2 Å². The molecular weight excluding hydrogens is 238 g/mol.